The Bertz CT molecular complexity index is 943. The van der Waals surface area contributed by atoms with Crippen LogP contribution in [0, 0.1) is 0 Å². The number of fused-ring (bicyclic) bond motifs is 1. The number of anilines is 1. The third-order valence-electron chi connectivity index (χ3n) is 4.05. The van der Waals surface area contributed by atoms with Gasteiger partial charge in [-0.3, -0.25) is 4.79 Å². The van der Waals surface area contributed by atoms with Crippen molar-refractivity contribution in [2.24, 2.45) is 0 Å². The van der Waals surface area contributed by atoms with Crippen molar-refractivity contribution >= 4 is 22.4 Å². The Balaban J connectivity index is 1.89. The molecule has 0 radical (unpaired) electrons. The fourth-order valence-corrected chi connectivity index (χ4v) is 2.69. The zero-order valence-corrected chi connectivity index (χ0v) is 14.3. The van der Waals surface area contributed by atoms with Crippen molar-refractivity contribution in [1.29, 1.82) is 0 Å². The maximum Gasteiger partial charge on any atom is 0.387 e. The van der Waals surface area contributed by atoms with Gasteiger partial charge in [0.05, 0.1) is 7.11 Å². The molecule has 3 aromatic carbocycles. The molecule has 134 valence electrons. The molecule has 3 aromatic rings. The van der Waals surface area contributed by atoms with Crippen LogP contribution in [0.25, 0.3) is 10.8 Å². The van der Waals surface area contributed by atoms with E-state index in [4.69, 9.17) is 4.74 Å². The standard InChI is InChI=1S/C20H17F2NO3/c1-23(16-9-7-13-5-3-4-6-14(13)11-16)19(24)15-8-10-17(26-20(21)22)18(12-15)25-2/h3-12,20H,1-2H3. The highest BCUT2D eigenvalue weighted by Crippen LogP contribution is 2.30. The van der Waals surface area contributed by atoms with E-state index in [0.717, 1.165) is 16.5 Å². The summed E-state index contributed by atoms with van der Waals surface area (Å²) in [4.78, 5) is 14.3. The molecule has 0 N–H and O–H groups in total. The van der Waals surface area contributed by atoms with Gasteiger partial charge in [0.15, 0.2) is 11.5 Å². The van der Waals surface area contributed by atoms with Gasteiger partial charge in [-0.25, -0.2) is 0 Å². The molecule has 0 bridgehead atoms. The Labute approximate surface area is 149 Å². The predicted octanol–water partition coefficient (Wildman–Crippen LogP) is 4.73. The summed E-state index contributed by atoms with van der Waals surface area (Å²) < 4.78 is 34.3. The van der Waals surface area contributed by atoms with E-state index >= 15 is 0 Å². The normalized spacial score (nSPS) is 10.8. The van der Waals surface area contributed by atoms with Crippen LogP contribution in [0.2, 0.25) is 0 Å². The van der Waals surface area contributed by atoms with Gasteiger partial charge >= 0.3 is 6.61 Å². The van der Waals surface area contributed by atoms with E-state index in [1.165, 1.54) is 30.2 Å². The third kappa shape index (κ3) is 3.59. The molecule has 0 saturated heterocycles. The van der Waals surface area contributed by atoms with Crippen molar-refractivity contribution in [1.82, 2.24) is 0 Å². The summed E-state index contributed by atoms with van der Waals surface area (Å²) in [6, 6.07) is 17.7. The summed E-state index contributed by atoms with van der Waals surface area (Å²) >= 11 is 0. The lowest BCUT2D eigenvalue weighted by molar-refractivity contribution is -0.0512. The van der Waals surface area contributed by atoms with E-state index in [1.807, 2.05) is 42.5 Å². The molecule has 0 aromatic heterocycles. The molecular formula is C20H17F2NO3. The van der Waals surface area contributed by atoms with Crippen molar-refractivity contribution in [3.8, 4) is 11.5 Å². The molecule has 26 heavy (non-hydrogen) atoms. The Morgan fingerprint density at radius 3 is 2.38 bits per heavy atom. The molecule has 0 aliphatic carbocycles. The zero-order chi connectivity index (χ0) is 18.7. The Morgan fingerprint density at radius 1 is 0.962 bits per heavy atom. The second-order valence-electron chi connectivity index (χ2n) is 5.64. The first-order valence-electron chi connectivity index (χ1n) is 7.89. The van der Waals surface area contributed by atoms with Crippen LogP contribution < -0.4 is 14.4 Å². The van der Waals surface area contributed by atoms with Crippen LogP contribution >= 0.6 is 0 Å². The number of benzene rings is 3. The molecular weight excluding hydrogens is 340 g/mol. The maximum atomic E-state index is 12.8. The van der Waals surface area contributed by atoms with E-state index in [2.05, 4.69) is 4.74 Å². The first-order valence-corrected chi connectivity index (χ1v) is 7.89. The SMILES string of the molecule is COc1cc(C(=O)N(C)c2ccc3ccccc3c2)ccc1OC(F)F. The molecule has 6 heteroatoms. The average Bonchev–Trinajstić information content (AvgIpc) is 2.66. The minimum absolute atomic E-state index is 0.0723. The Morgan fingerprint density at radius 2 is 1.69 bits per heavy atom. The van der Waals surface area contributed by atoms with Gasteiger partial charge in [-0.05, 0) is 41.1 Å². The summed E-state index contributed by atoms with van der Waals surface area (Å²) in [5.41, 5.74) is 1.03. The molecule has 4 nitrogen and oxygen atoms in total. The van der Waals surface area contributed by atoms with Crippen LogP contribution in [0.3, 0.4) is 0 Å². The number of carbonyl (C=O) groups excluding carboxylic acids is 1. The summed E-state index contributed by atoms with van der Waals surface area (Å²) in [7, 11) is 2.98. The number of amides is 1. The quantitative estimate of drug-likeness (QED) is 0.663. The van der Waals surface area contributed by atoms with Crippen LogP contribution in [0.1, 0.15) is 10.4 Å². The van der Waals surface area contributed by atoms with Crippen LogP contribution in [-0.2, 0) is 0 Å². The molecule has 0 heterocycles. The molecule has 1 amide bonds. The first kappa shape index (κ1) is 17.7. The lowest BCUT2D eigenvalue weighted by Crippen LogP contribution is -2.26. The van der Waals surface area contributed by atoms with Gasteiger partial charge in [0.2, 0.25) is 0 Å². The number of hydrogen-bond acceptors (Lipinski definition) is 3. The minimum atomic E-state index is -2.97. The zero-order valence-electron chi connectivity index (χ0n) is 14.3. The van der Waals surface area contributed by atoms with Gasteiger partial charge < -0.3 is 14.4 Å². The summed E-state index contributed by atoms with van der Waals surface area (Å²) in [5, 5.41) is 2.09. The Kier molecular flexibility index (Phi) is 5.02. The van der Waals surface area contributed by atoms with E-state index in [1.54, 1.807) is 7.05 Å². The number of rotatable bonds is 5. The molecule has 0 atom stereocenters. The number of methoxy groups -OCH3 is 1. The summed E-state index contributed by atoms with van der Waals surface area (Å²) in [6.07, 6.45) is 0. The third-order valence-corrected chi connectivity index (χ3v) is 4.05. The molecule has 3 rings (SSSR count). The highest BCUT2D eigenvalue weighted by molar-refractivity contribution is 6.07. The fourth-order valence-electron chi connectivity index (χ4n) is 2.69. The van der Waals surface area contributed by atoms with Crippen LogP contribution in [0.5, 0.6) is 11.5 Å². The van der Waals surface area contributed by atoms with Crippen molar-refractivity contribution in [2.75, 3.05) is 19.1 Å². The average molecular weight is 357 g/mol. The van der Waals surface area contributed by atoms with E-state index in [-0.39, 0.29) is 17.4 Å². The molecule has 0 saturated carbocycles. The molecule has 0 aliphatic rings. The second-order valence-corrected chi connectivity index (χ2v) is 5.64. The number of alkyl halides is 2. The van der Waals surface area contributed by atoms with E-state index < -0.39 is 6.61 Å². The second kappa shape index (κ2) is 7.39. The monoisotopic (exact) mass is 357 g/mol. The number of hydrogen-bond donors (Lipinski definition) is 0. The summed E-state index contributed by atoms with van der Waals surface area (Å²) in [5.74, 6) is -0.336. The highest BCUT2D eigenvalue weighted by atomic mass is 19.3. The number of ether oxygens (including phenoxy) is 2. The van der Waals surface area contributed by atoms with Crippen LogP contribution in [-0.4, -0.2) is 26.7 Å². The van der Waals surface area contributed by atoms with E-state index in [9.17, 15) is 13.6 Å². The number of halogens is 2. The minimum Gasteiger partial charge on any atom is -0.493 e. The summed E-state index contributed by atoms with van der Waals surface area (Å²) in [6.45, 7) is -2.97. The lowest BCUT2D eigenvalue weighted by atomic mass is 10.1. The van der Waals surface area contributed by atoms with Crippen LogP contribution in [0.4, 0.5) is 14.5 Å². The predicted molar refractivity (Wildman–Crippen MR) is 96.3 cm³/mol. The van der Waals surface area contributed by atoms with Gasteiger partial charge in [0.1, 0.15) is 0 Å². The lowest BCUT2D eigenvalue weighted by Gasteiger charge is -2.19. The van der Waals surface area contributed by atoms with E-state index in [0.29, 0.717) is 5.56 Å². The van der Waals surface area contributed by atoms with Gasteiger partial charge in [0.25, 0.3) is 5.91 Å². The molecule has 0 aliphatic heterocycles. The van der Waals surface area contributed by atoms with Crippen LogP contribution in [0.15, 0.2) is 60.7 Å². The van der Waals surface area contributed by atoms with Gasteiger partial charge in [-0.15, -0.1) is 0 Å². The van der Waals surface area contributed by atoms with Crippen molar-refractivity contribution in [2.45, 2.75) is 6.61 Å². The van der Waals surface area contributed by atoms with Gasteiger partial charge in [-0.2, -0.15) is 8.78 Å². The molecule has 0 fully saturated rings. The Hall–Kier alpha value is -3.15. The first-order chi connectivity index (χ1) is 12.5. The van der Waals surface area contributed by atoms with Crippen molar-refractivity contribution in [3.05, 3.63) is 66.2 Å². The fraction of sp³-hybridized carbons (Fsp3) is 0.150. The van der Waals surface area contributed by atoms with Crippen molar-refractivity contribution < 1.29 is 23.0 Å². The van der Waals surface area contributed by atoms with Gasteiger partial charge in [0, 0.05) is 18.3 Å². The maximum absolute atomic E-state index is 12.8. The largest absolute Gasteiger partial charge is 0.493 e. The topological polar surface area (TPSA) is 38.8 Å². The highest BCUT2D eigenvalue weighted by Gasteiger charge is 2.18. The van der Waals surface area contributed by atoms with Crippen molar-refractivity contribution in [3.63, 3.8) is 0 Å². The molecule has 0 unspecified atom stereocenters. The number of carbonyl (C=O) groups is 1. The van der Waals surface area contributed by atoms with Gasteiger partial charge in [-0.1, -0.05) is 30.3 Å². The number of nitrogens with zero attached hydrogens (tertiary/aromatic N) is 1. The molecule has 0 spiro atoms. The smallest absolute Gasteiger partial charge is 0.387 e.